The number of hydrogen-bond donors (Lipinski definition) is 1. The Labute approximate surface area is 135 Å². The number of rotatable bonds is 3. The Morgan fingerprint density at radius 1 is 1.45 bits per heavy atom. The van der Waals surface area contributed by atoms with Gasteiger partial charge in [0.15, 0.2) is 0 Å². The highest BCUT2D eigenvalue weighted by Crippen LogP contribution is 2.29. The summed E-state index contributed by atoms with van der Waals surface area (Å²) in [6, 6.07) is 6.14. The van der Waals surface area contributed by atoms with Crippen LogP contribution in [0.5, 0.6) is 0 Å². The Kier molecular flexibility index (Phi) is 4.43. The number of aromatic nitrogens is 1. The minimum absolute atomic E-state index is 0.172. The van der Waals surface area contributed by atoms with E-state index in [1.54, 1.807) is 11.3 Å². The molecule has 0 radical (unpaired) electrons. The number of nitrogens with zero attached hydrogens (tertiary/aromatic N) is 2. The molecule has 3 rings (SSSR count). The number of carbonyl (C=O) groups is 1. The minimum atomic E-state index is 0.172. The Morgan fingerprint density at radius 2 is 2.32 bits per heavy atom. The zero-order valence-electron chi connectivity index (χ0n) is 13.0. The molecule has 2 aromatic heterocycles. The van der Waals surface area contributed by atoms with Gasteiger partial charge in [-0.1, -0.05) is 0 Å². The molecule has 0 aliphatic carbocycles. The molecule has 22 heavy (non-hydrogen) atoms. The van der Waals surface area contributed by atoms with E-state index in [1.165, 1.54) is 5.56 Å². The molecule has 0 spiro atoms. The van der Waals surface area contributed by atoms with Crippen molar-refractivity contribution in [2.45, 2.75) is 25.7 Å². The van der Waals surface area contributed by atoms with Gasteiger partial charge in [-0.2, -0.15) is 0 Å². The van der Waals surface area contributed by atoms with Gasteiger partial charge in [-0.3, -0.25) is 4.79 Å². The van der Waals surface area contributed by atoms with E-state index in [0.717, 1.165) is 42.2 Å². The van der Waals surface area contributed by atoms with Crippen molar-refractivity contribution in [1.82, 2.24) is 9.88 Å². The average molecular weight is 315 g/mol. The molecule has 1 aliphatic heterocycles. The molecule has 1 fully saturated rings. The molecule has 0 aromatic carbocycles. The number of thiophene rings is 1. The van der Waals surface area contributed by atoms with Gasteiger partial charge in [0, 0.05) is 32.3 Å². The first-order chi connectivity index (χ1) is 10.7. The van der Waals surface area contributed by atoms with Gasteiger partial charge in [-0.05, 0) is 54.5 Å². The zero-order valence-corrected chi connectivity index (χ0v) is 13.8. The quantitative estimate of drug-likeness (QED) is 0.942. The van der Waals surface area contributed by atoms with Gasteiger partial charge in [0.1, 0.15) is 5.82 Å². The lowest BCUT2D eigenvalue weighted by molar-refractivity contribution is 0.0712. The van der Waals surface area contributed by atoms with Crippen LogP contribution in [0.1, 0.15) is 39.6 Å². The molecule has 4 nitrogen and oxygen atoms in total. The lowest BCUT2D eigenvalue weighted by atomic mass is 9.91. The highest BCUT2D eigenvalue weighted by Gasteiger charge is 2.26. The van der Waals surface area contributed by atoms with Crippen LogP contribution in [0.4, 0.5) is 5.82 Å². The first-order valence-corrected chi connectivity index (χ1v) is 8.53. The summed E-state index contributed by atoms with van der Waals surface area (Å²) in [6.45, 7) is 3.68. The summed E-state index contributed by atoms with van der Waals surface area (Å²) in [5.74, 6) is 1.45. The van der Waals surface area contributed by atoms with Gasteiger partial charge < -0.3 is 10.2 Å². The number of aryl methyl sites for hydroxylation is 1. The van der Waals surface area contributed by atoms with Crippen molar-refractivity contribution in [3.05, 3.63) is 45.8 Å². The molecule has 0 bridgehead atoms. The number of amides is 1. The second kappa shape index (κ2) is 6.48. The summed E-state index contributed by atoms with van der Waals surface area (Å²) in [7, 11) is 1.88. The predicted octanol–water partition coefficient (Wildman–Crippen LogP) is 3.51. The maximum atomic E-state index is 12.6. The third-order valence-corrected chi connectivity index (χ3v) is 5.20. The van der Waals surface area contributed by atoms with Crippen LogP contribution in [0.25, 0.3) is 0 Å². The van der Waals surface area contributed by atoms with E-state index in [1.807, 2.05) is 36.5 Å². The molecule has 5 heteroatoms. The molecule has 1 saturated heterocycles. The van der Waals surface area contributed by atoms with E-state index in [4.69, 9.17) is 0 Å². The van der Waals surface area contributed by atoms with Crippen LogP contribution in [0.2, 0.25) is 0 Å². The SMILES string of the molecule is CNc1cc([C@@H]2CCCN(C(=O)c3cc(C)cs3)C2)ccn1. The molecule has 2 aromatic rings. The molecule has 116 valence electrons. The lowest BCUT2D eigenvalue weighted by Gasteiger charge is -2.33. The number of nitrogens with one attached hydrogen (secondary N) is 1. The highest BCUT2D eigenvalue weighted by atomic mass is 32.1. The predicted molar refractivity (Wildman–Crippen MR) is 90.7 cm³/mol. The van der Waals surface area contributed by atoms with E-state index >= 15 is 0 Å². The van der Waals surface area contributed by atoms with Gasteiger partial charge in [0.05, 0.1) is 4.88 Å². The van der Waals surface area contributed by atoms with E-state index in [2.05, 4.69) is 22.4 Å². The van der Waals surface area contributed by atoms with E-state index in [0.29, 0.717) is 5.92 Å². The van der Waals surface area contributed by atoms with Crippen molar-refractivity contribution >= 4 is 23.1 Å². The normalized spacial score (nSPS) is 18.3. The van der Waals surface area contributed by atoms with Crippen molar-refractivity contribution in [2.75, 3.05) is 25.5 Å². The number of likely N-dealkylation sites (tertiary alicyclic amines) is 1. The highest BCUT2D eigenvalue weighted by molar-refractivity contribution is 7.12. The van der Waals surface area contributed by atoms with Crippen LogP contribution in [0.15, 0.2) is 29.8 Å². The number of piperidine rings is 1. The maximum Gasteiger partial charge on any atom is 0.263 e. The van der Waals surface area contributed by atoms with Gasteiger partial charge in [-0.25, -0.2) is 4.98 Å². The summed E-state index contributed by atoms with van der Waals surface area (Å²) in [6.07, 6.45) is 4.02. The summed E-state index contributed by atoms with van der Waals surface area (Å²) >= 11 is 1.54. The summed E-state index contributed by atoms with van der Waals surface area (Å²) in [5, 5.41) is 5.12. The van der Waals surface area contributed by atoms with Crippen LogP contribution in [0.3, 0.4) is 0 Å². The molecule has 3 heterocycles. The molecule has 0 unspecified atom stereocenters. The van der Waals surface area contributed by atoms with Crippen LogP contribution in [0, 0.1) is 6.92 Å². The van der Waals surface area contributed by atoms with Crippen molar-refractivity contribution in [1.29, 1.82) is 0 Å². The number of carbonyl (C=O) groups excluding carboxylic acids is 1. The second-order valence-corrected chi connectivity index (χ2v) is 6.71. The van der Waals surface area contributed by atoms with Crippen LogP contribution in [-0.4, -0.2) is 35.9 Å². The third-order valence-electron chi connectivity index (χ3n) is 4.16. The monoisotopic (exact) mass is 315 g/mol. The molecule has 1 amide bonds. The fraction of sp³-hybridized carbons (Fsp3) is 0.412. The first-order valence-electron chi connectivity index (χ1n) is 7.65. The number of pyridine rings is 1. The molecular weight excluding hydrogens is 294 g/mol. The standard InChI is InChI=1S/C17H21N3OS/c1-12-8-15(22-11-12)17(21)20-7-3-4-14(10-20)13-5-6-19-16(9-13)18-2/h5-6,8-9,11,14H,3-4,7,10H2,1-2H3,(H,18,19)/t14-/m1/s1. The molecule has 1 aliphatic rings. The minimum Gasteiger partial charge on any atom is -0.373 e. The molecule has 0 saturated carbocycles. The number of hydrogen-bond acceptors (Lipinski definition) is 4. The van der Waals surface area contributed by atoms with Gasteiger partial charge in [0.2, 0.25) is 0 Å². The summed E-state index contributed by atoms with van der Waals surface area (Å²) < 4.78 is 0. The number of anilines is 1. The Hall–Kier alpha value is -1.88. The van der Waals surface area contributed by atoms with Crippen LogP contribution >= 0.6 is 11.3 Å². The Bertz CT molecular complexity index is 667. The summed E-state index contributed by atoms with van der Waals surface area (Å²) in [5.41, 5.74) is 2.42. The van der Waals surface area contributed by atoms with Crippen molar-refractivity contribution in [2.24, 2.45) is 0 Å². The smallest absolute Gasteiger partial charge is 0.263 e. The maximum absolute atomic E-state index is 12.6. The van der Waals surface area contributed by atoms with Gasteiger partial charge in [0.25, 0.3) is 5.91 Å². The summed E-state index contributed by atoms with van der Waals surface area (Å²) in [4.78, 5) is 19.7. The Morgan fingerprint density at radius 3 is 3.05 bits per heavy atom. The second-order valence-electron chi connectivity index (χ2n) is 5.80. The largest absolute Gasteiger partial charge is 0.373 e. The van der Waals surface area contributed by atoms with E-state index in [9.17, 15) is 4.79 Å². The fourth-order valence-electron chi connectivity index (χ4n) is 2.97. The molecule has 1 atom stereocenters. The average Bonchev–Trinajstić information content (AvgIpc) is 3.01. The zero-order chi connectivity index (χ0) is 15.5. The topological polar surface area (TPSA) is 45.2 Å². The van der Waals surface area contributed by atoms with Gasteiger partial charge >= 0.3 is 0 Å². The lowest BCUT2D eigenvalue weighted by Crippen LogP contribution is -2.38. The molecule has 1 N–H and O–H groups in total. The van der Waals surface area contributed by atoms with Crippen molar-refractivity contribution in [3.63, 3.8) is 0 Å². The van der Waals surface area contributed by atoms with Crippen molar-refractivity contribution < 1.29 is 4.79 Å². The fourth-order valence-corrected chi connectivity index (χ4v) is 3.84. The Balaban J connectivity index is 1.75. The van der Waals surface area contributed by atoms with Crippen LogP contribution < -0.4 is 5.32 Å². The third kappa shape index (κ3) is 3.14. The van der Waals surface area contributed by atoms with Gasteiger partial charge in [-0.15, -0.1) is 11.3 Å². The van der Waals surface area contributed by atoms with Crippen molar-refractivity contribution in [3.8, 4) is 0 Å². The van der Waals surface area contributed by atoms with Crippen LogP contribution in [-0.2, 0) is 0 Å². The van der Waals surface area contributed by atoms with E-state index < -0.39 is 0 Å². The first kappa shape index (κ1) is 15.0. The molecular formula is C17H21N3OS. The van der Waals surface area contributed by atoms with E-state index in [-0.39, 0.29) is 5.91 Å².